The van der Waals surface area contributed by atoms with Crippen molar-refractivity contribution in [1.29, 1.82) is 0 Å². The molecule has 5 nitrogen and oxygen atoms in total. The van der Waals surface area contributed by atoms with Crippen LogP contribution < -0.4 is 10.1 Å². The van der Waals surface area contributed by atoms with Crippen molar-refractivity contribution in [1.82, 2.24) is 0 Å². The Balaban J connectivity index is 1.56. The molecule has 1 amide bonds. The van der Waals surface area contributed by atoms with Gasteiger partial charge in [0.15, 0.2) is 6.61 Å². The highest BCUT2D eigenvalue weighted by Crippen LogP contribution is 2.21. The maximum Gasteiger partial charge on any atom is 0.337 e. The molecule has 0 aliphatic heterocycles. The molecule has 0 atom stereocenters. The van der Waals surface area contributed by atoms with E-state index in [1.165, 1.54) is 13.2 Å². The molecule has 136 valence electrons. The third-order valence-electron chi connectivity index (χ3n) is 3.90. The third kappa shape index (κ3) is 4.95. The summed E-state index contributed by atoms with van der Waals surface area (Å²) >= 11 is 0. The van der Waals surface area contributed by atoms with E-state index in [4.69, 9.17) is 4.74 Å². The lowest BCUT2D eigenvalue weighted by atomic mass is 10.1. The zero-order valence-electron chi connectivity index (χ0n) is 14.8. The fourth-order valence-electron chi connectivity index (χ4n) is 2.55. The topological polar surface area (TPSA) is 64.6 Å². The maximum absolute atomic E-state index is 12.1. The lowest BCUT2D eigenvalue weighted by Gasteiger charge is -2.09. The van der Waals surface area contributed by atoms with E-state index in [0.717, 1.165) is 11.1 Å². The first-order valence-electron chi connectivity index (χ1n) is 8.42. The SMILES string of the molecule is COC(=O)c1cccc(OCC(=O)Nc2ccc(-c3ccccc3)cc2)c1. The normalized spacial score (nSPS) is 10.1. The van der Waals surface area contributed by atoms with Crippen LogP contribution in [0.15, 0.2) is 78.9 Å². The number of anilines is 1. The zero-order chi connectivity index (χ0) is 19.1. The number of carbonyl (C=O) groups excluding carboxylic acids is 2. The second-order valence-corrected chi connectivity index (χ2v) is 5.80. The fourth-order valence-corrected chi connectivity index (χ4v) is 2.55. The van der Waals surface area contributed by atoms with Crippen LogP contribution in [0.2, 0.25) is 0 Å². The molecule has 0 radical (unpaired) electrons. The highest BCUT2D eigenvalue weighted by atomic mass is 16.5. The molecule has 0 saturated heterocycles. The maximum atomic E-state index is 12.1. The molecule has 3 aromatic rings. The van der Waals surface area contributed by atoms with Gasteiger partial charge in [0, 0.05) is 5.69 Å². The van der Waals surface area contributed by atoms with Crippen molar-refractivity contribution in [3.63, 3.8) is 0 Å². The molecule has 0 fully saturated rings. The first-order chi connectivity index (χ1) is 13.2. The van der Waals surface area contributed by atoms with Crippen molar-refractivity contribution in [2.75, 3.05) is 19.0 Å². The van der Waals surface area contributed by atoms with E-state index in [1.54, 1.807) is 18.2 Å². The van der Waals surface area contributed by atoms with Crippen molar-refractivity contribution in [3.8, 4) is 16.9 Å². The number of benzene rings is 3. The van der Waals surface area contributed by atoms with E-state index in [9.17, 15) is 9.59 Å². The first kappa shape index (κ1) is 18.2. The number of esters is 1. The Hall–Kier alpha value is -3.60. The summed E-state index contributed by atoms with van der Waals surface area (Å²) in [7, 11) is 1.31. The van der Waals surface area contributed by atoms with Crippen LogP contribution in [0.25, 0.3) is 11.1 Å². The van der Waals surface area contributed by atoms with E-state index >= 15 is 0 Å². The molecule has 0 spiro atoms. The Kier molecular flexibility index (Phi) is 5.84. The van der Waals surface area contributed by atoms with Crippen LogP contribution in [-0.4, -0.2) is 25.6 Å². The Morgan fingerprint density at radius 3 is 2.26 bits per heavy atom. The van der Waals surface area contributed by atoms with Gasteiger partial charge in [-0.25, -0.2) is 4.79 Å². The van der Waals surface area contributed by atoms with Gasteiger partial charge >= 0.3 is 5.97 Å². The summed E-state index contributed by atoms with van der Waals surface area (Å²) in [5, 5.41) is 2.78. The van der Waals surface area contributed by atoms with Gasteiger partial charge in [-0.1, -0.05) is 48.5 Å². The molecule has 3 rings (SSSR count). The number of carbonyl (C=O) groups is 2. The fraction of sp³-hybridized carbons (Fsp3) is 0.0909. The number of amides is 1. The van der Waals surface area contributed by atoms with E-state index in [0.29, 0.717) is 17.0 Å². The van der Waals surface area contributed by atoms with Crippen molar-refractivity contribution < 1.29 is 19.1 Å². The smallest absolute Gasteiger partial charge is 0.337 e. The molecular formula is C22H19NO4. The largest absolute Gasteiger partial charge is 0.484 e. The van der Waals surface area contributed by atoms with Crippen LogP contribution in [0, 0.1) is 0 Å². The Morgan fingerprint density at radius 2 is 1.56 bits per heavy atom. The van der Waals surface area contributed by atoms with Gasteiger partial charge < -0.3 is 14.8 Å². The summed E-state index contributed by atoms with van der Waals surface area (Å²) in [6, 6.07) is 24.1. The highest BCUT2D eigenvalue weighted by molar-refractivity contribution is 5.92. The predicted octanol–water partition coefficient (Wildman–Crippen LogP) is 4.16. The minimum atomic E-state index is -0.455. The average Bonchev–Trinajstić information content (AvgIpc) is 2.73. The summed E-state index contributed by atoms with van der Waals surface area (Å²) in [5.74, 6) is -0.318. The third-order valence-corrected chi connectivity index (χ3v) is 3.90. The Labute approximate surface area is 157 Å². The summed E-state index contributed by atoms with van der Waals surface area (Å²) in [6.45, 7) is -0.162. The first-order valence-corrected chi connectivity index (χ1v) is 8.42. The molecular weight excluding hydrogens is 342 g/mol. The van der Waals surface area contributed by atoms with Gasteiger partial charge in [-0.2, -0.15) is 0 Å². The molecule has 0 aliphatic rings. The minimum absolute atomic E-state index is 0.162. The number of ether oxygens (including phenoxy) is 2. The van der Waals surface area contributed by atoms with Crippen molar-refractivity contribution in [2.45, 2.75) is 0 Å². The highest BCUT2D eigenvalue weighted by Gasteiger charge is 2.08. The van der Waals surface area contributed by atoms with Gasteiger partial charge in [0.05, 0.1) is 12.7 Å². The number of methoxy groups -OCH3 is 1. The summed E-state index contributed by atoms with van der Waals surface area (Å²) < 4.78 is 10.1. The number of hydrogen-bond acceptors (Lipinski definition) is 4. The van der Waals surface area contributed by atoms with E-state index in [1.807, 2.05) is 54.6 Å². The van der Waals surface area contributed by atoms with Crippen LogP contribution in [0.4, 0.5) is 5.69 Å². The van der Waals surface area contributed by atoms with Crippen molar-refractivity contribution >= 4 is 17.6 Å². The van der Waals surface area contributed by atoms with Gasteiger partial charge in [-0.05, 0) is 41.5 Å². The Morgan fingerprint density at radius 1 is 0.852 bits per heavy atom. The lowest BCUT2D eigenvalue weighted by molar-refractivity contribution is -0.118. The molecule has 0 saturated carbocycles. The average molecular weight is 361 g/mol. The van der Waals surface area contributed by atoms with Gasteiger partial charge in [-0.3, -0.25) is 4.79 Å². The number of hydrogen-bond donors (Lipinski definition) is 1. The standard InChI is InChI=1S/C22H19NO4/c1-26-22(25)18-8-5-9-20(14-18)27-15-21(24)23-19-12-10-17(11-13-19)16-6-3-2-4-7-16/h2-14H,15H2,1H3,(H,23,24). The quantitative estimate of drug-likeness (QED) is 0.670. The molecule has 0 aromatic heterocycles. The molecule has 0 heterocycles. The van der Waals surface area contributed by atoms with Crippen LogP contribution in [0.3, 0.4) is 0 Å². The summed E-state index contributed by atoms with van der Waals surface area (Å²) in [6.07, 6.45) is 0. The number of nitrogens with one attached hydrogen (secondary N) is 1. The van der Waals surface area contributed by atoms with Gasteiger partial charge in [0.25, 0.3) is 5.91 Å². The van der Waals surface area contributed by atoms with E-state index in [2.05, 4.69) is 10.1 Å². The minimum Gasteiger partial charge on any atom is -0.484 e. The van der Waals surface area contributed by atoms with E-state index < -0.39 is 5.97 Å². The molecule has 0 bridgehead atoms. The summed E-state index contributed by atoms with van der Waals surface area (Å²) in [4.78, 5) is 23.6. The lowest BCUT2D eigenvalue weighted by Crippen LogP contribution is -2.20. The second-order valence-electron chi connectivity index (χ2n) is 5.80. The van der Waals surface area contributed by atoms with Gasteiger partial charge in [-0.15, -0.1) is 0 Å². The molecule has 3 aromatic carbocycles. The van der Waals surface area contributed by atoms with Crippen LogP contribution in [0.1, 0.15) is 10.4 Å². The summed E-state index contributed by atoms with van der Waals surface area (Å²) in [5.41, 5.74) is 3.24. The van der Waals surface area contributed by atoms with Gasteiger partial charge in [0.2, 0.25) is 0 Å². The zero-order valence-corrected chi connectivity index (χ0v) is 14.8. The molecule has 27 heavy (non-hydrogen) atoms. The predicted molar refractivity (Wildman–Crippen MR) is 104 cm³/mol. The van der Waals surface area contributed by atoms with E-state index in [-0.39, 0.29) is 12.5 Å². The van der Waals surface area contributed by atoms with Crippen LogP contribution in [-0.2, 0) is 9.53 Å². The second kappa shape index (κ2) is 8.67. The molecule has 0 unspecified atom stereocenters. The van der Waals surface area contributed by atoms with Gasteiger partial charge in [0.1, 0.15) is 5.75 Å². The monoisotopic (exact) mass is 361 g/mol. The van der Waals surface area contributed by atoms with Crippen molar-refractivity contribution in [3.05, 3.63) is 84.4 Å². The molecule has 1 N–H and O–H groups in total. The Bertz CT molecular complexity index is 921. The van der Waals surface area contributed by atoms with Crippen LogP contribution >= 0.6 is 0 Å². The molecule has 5 heteroatoms. The number of rotatable bonds is 6. The molecule has 0 aliphatic carbocycles. The van der Waals surface area contributed by atoms with Crippen LogP contribution in [0.5, 0.6) is 5.75 Å². The van der Waals surface area contributed by atoms with Crippen molar-refractivity contribution in [2.24, 2.45) is 0 Å².